The van der Waals surface area contributed by atoms with E-state index >= 15 is 0 Å². The van der Waals surface area contributed by atoms with E-state index in [1.54, 1.807) is 0 Å². The summed E-state index contributed by atoms with van der Waals surface area (Å²) in [5, 5.41) is 8.70. The van der Waals surface area contributed by atoms with Crippen LogP contribution in [-0.4, -0.2) is 35.7 Å². The van der Waals surface area contributed by atoms with Crippen LogP contribution in [0.25, 0.3) is 0 Å². The van der Waals surface area contributed by atoms with Gasteiger partial charge in [0.25, 0.3) is 0 Å². The van der Waals surface area contributed by atoms with Crippen LogP contribution < -0.4 is 4.74 Å². The normalized spacial score (nSPS) is 15.8. The number of nitrogens with zero attached hydrogens (tertiary/aromatic N) is 1. The number of carbonyl (C=O) groups is 1. The van der Waals surface area contributed by atoms with Gasteiger partial charge in [0.05, 0.1) is 6.42 Å². The van der Waals surface area contributed by atoms with Gasteiger partial charge >= 0.3 is 5.97 Å². The lowest BCUT2D eigenvalue weighted by Crippen LogP contribution is -2.28. The monoisotopic (exact) mass is 235 g/mol. The van der Waals surface area contributed by atoms with Crippen LogP contribution in [0.4, 0.5) is 0 Å². The molecule has 0 aliphatic carbocycles. The van der Waals surface area contributed by atoms with Gasteiger partial charge in [0.1, 0.15) is 12.4 Å². The molecule has 0 radical (unpaired) electrons. The van der Waals surface area contributed by atoms with Crippen LogP contribution in [0.3, 0.4) is 0 Å². The fraction of sp³-hybridized carbons (Fsp3) is 0.462. The van der Waals surface area contributed by atoms with Gasteiger partial charge in [-0.05, 0) is 12.5 Å². The van der Waals surface area contributed by atoms with Gasteiger partial charge in [-0.25, -0.2) is 0 Å². The summed E-state index contributed by atoms with van der Waals surface area (Å²) in [7, 11) is 0. The molecule has 17 heavy (non-hydrogen) atoms. The third kappa shape index (κ3) is 2.97. The molecule has 1 aliphatic rings. The zero-order valence-corrected chi connectivity index (χ0v) is 9.98. The molecule has 0 unspecified atom stereocenters. The maximum atomic E-state index is 10.6. The molecule has 1 heterocycles. The molecule has 0 saturated heterocycles. The Labute approximate surface area is 101 Å². The molecule has 1 aromatic carbocycles. The fourth-order valence-corrected chi connectivity index (χ4v) is 2.09. The van der Waals surface area contributed by atoms with E-state index in [1.165, 1.54) is 0 Å². The number of benzene rings is 1. The minimum Gasteiger partial charge on any atom is -0.492 e. The van der Waals surface area contributed by atoms with Gasteiger partial charge in [-0.3, -0.25) is 9.69 Å². The fourth-order valence-electron chi connectivity index (χ4n) is 2.09. The van der Waals surface area contributed by atoms with Crippen molar-refractivity contribution in [2.45, 2.75) is 19.9 Å². The first-order valence-corrected chi connectivity index (χ1v) is 5.82. The quantitative estimate of drug-likeness (QED) is 0.865. The average Bonchev–Trinajstić information content (AvgIpc) is 2.49. The summed E-state index contributed by atoms with van der Waals surface area (Å²) >= 11 is 0. The van der Waals surface area contributed by atoms with Gasteiger partial charge < -0.3 is 9.84 Å². The molecule has 0 bridgehead atoms. The number of ether oxygens (including phenoxy) is 1. The SMILES string of the molecule is Cc1cccc2c1OCCN(CCC(=O)O)C2. The summed E-state index contributed by atoms with van der Waals surface area (Å²) < 4.78 is 5.73. The Morgan fingerprint density at radius 1 is 1.53 bits per heavy atom. The highest BCUT2D eigenvalue weighted by Crippen LogP contribution is 2.26. The van der Waals surface area contributed by atoms with E-state index in [1.807, 2.05) is 25.1 Å². The van der Waals surface area contributed by atoms with Crippen molar-refractivity contribution in [3.8, 4) is 5.75 Å². The molecule has 4 heteroatoms. The van der Waals surface area contributed by atoms with Crippen LogP contribution in [0.2, 0.25) is 0 Å². The van der Waals surface area contributed by atoms with E-state index in [0.717, 1.165) is 30.0 Å². The van der Waals surface area contributed by atoms with Crippen molar-refractivity contribution in [3.05, 3.63) is 29.3 Å². The lowest BCUT2D eigenvalue weighted by Gasteiger charge is -2.17. The van der Waals surface area contributed by atoms with Crippen LogP contribution in [0.5, 0.6) is 5.75 Å². The number of aliphatic carboxylic acids is 1. The molecule has 0 atom stereocenters. The molecule has 1 N–H and O–H groups in total. The Bertz CT molecular complexity index is 417. The number of hydrogen-bond acceptors (Lipinski definition) is 3. The Morgan fingerprint density at radius 3 is 3.12 bits per heavy atom. The summed E-state index contributed by atoms with van der Waals surface area (Å²) in [6.07, 6.45) is 0.182. The average molecular weight is 235 g/mol. The maximum Gasteiger partial charge on any atom is 0.304 e. The Kier molecular flexibility index (Phi) is 3.64. The second kappa shape index (κ2) is 5.19. The number of aryl methyl sites for hydroxylation is 1. The minimum atomic E-state index is -0.750. The van der Waals surface area contributed by atoms with E-state index in [2.05, 4.69) is 4.90 Å². The number of carboxylic acid groups (broad SMARTS) is 1. The van der Waals surface area contributed by atoms with Gasteiger partial charge in [0.2, 0.25) is 0 Å². The number of para-hydroxylation sites is 1. The number of fused-ring (bicyclic) bond motifs is 1. The van der Waals surface area contributed by atoms with E-state index in [9.17, 15) is 4.79 Å². The van der Waals surface area contributed by atoms with E-state index in [4.69, 9.17) is 9.84 Å². The molecule has 2 rings (SSSR count). The smallest absolute Gasteiger partial charge is 0.304 e. The maximum absolute atomic E-state index is 10.6. The van der Waals surface area contributed by atoms with Crippen molar-refractivity contribution in [2.24, 2.45) is 0 Å². The molecule has 0 amide bonds. The highest BCUT2D eigenvalue weighted by atomic mass is 16.5. The lowest BCUT2D eigenvalue weighted by molar-refractivity contribution is -0.137. The molecule has 0 saturated carbocycles. The standard InChI is InChI=1S/C13H17NO3/c1-10-3-2-4-11-9-14(6-5-12(15)16)7-8-17-13(10)11/h2-4H,5-9H2,1H3,(H,15,16). The summed E-state index contributed by atoms with van der Waals surface area (Å²) in [5.41, 5.74) is 2.29. The Balaban J connectivity index is 2.09. The molecule has 0 spiro atoms. The number of rotatable bonds is 3. The predicted octanol–water partition coefficient (Wildman–Crippen LogP) is 1.66. The molecule has 1 aromatic rings. The molecule has 0 aromatic heterocycles. The van der Waals surface area contributed by atoms with Crippen molar-refractivity contribution in [2.75, 3.05) is 19.7 Å². The molecule has 4 nitrogen and oxygen atoms in total. The van der Waals surface area contributed by atoms with Gasteiger partial charge in [-0.15, -0.1) is 0 Å². The summed E-state index contributed by atoms with van der Waals surface area (Å²) in [5.74, 6) is 0.213. The summed E-state index contributed by atoms with van der Waals surface area (Å²) in [6, 6.07) is 6.09. The van der Waals surface area contributed by atoms with Crippen molar-refractivity contribution in [1.82, 2.24) is 4.90 Å². The first-order chi connectivity index (χ1) is 8.16. The van der Waals surface area contributed by atoms with Crippen molar-refractivity contribution in [3.63, 3.8) is 0 Å². The number of carboxylic acids is 1. The van der Waals surface area contributed by atoms with E-state index in [-0.39, 0.29) is 6.42 Å². The molecule has 0 fully saturated rings. The second-order valence-electron chi connectivity index (χ2n) is 4.33. The van der Waals surface area contributed by atoms with E-state index in [0.29, 0.717) is 13.2 Å². The molecule has 1 aliphatic heterocycles. The third-order valence-electron chi connectivity index (χ3n) is 2.98. The van der Waals surface area contributed by atoms with Crippen LogP contribution in [-0.2, 0) is 11.3 Å². The largest absolute Gasteiger partial charge is 0.492 e. The summed E-state index contributed by atoms with van der Waals surface area (Å²) in [4.78, 5) is 12.7. The van der Waals surface area contributed by atoms with Gasteiger partial charge in [0.15, 0.2) is 0 Å². The Hall–Kier alpha value is -1.55. The highest BCUT2D eigenvalue weighted by Gasteiger charge is 2.16. The zero-order valence-electron chi connectivity index (χ0n) is 9.98. The molecule has 92 valence electrons. The van der Waals surface area contributed by atoms with E-state index < -0.39 is 5.97 Å². The van der Waals surface area contributed by atoms with Gasteiger partial charge in [-0.2, -0.15) is 0 Å². The second-order valence-corrected chi connectivity index (χ2v) is 4.33. The lowest BCUT2D eigenvalue weighted by atomic mass is 10.1. The van der Waals surface area contributed by atoms with Crippen LogP contribution in [0, 0.1) is 6.92 Å². The number of hydrogen-bond donors (Lipinski definition) is 1. The third-order valence-corrected chi connectivity index (χ3v) is 2.98. The molecular formula is C13H17NO3. The van der Waals surface area contributed by atoms with Crippen molar-refractivity contribution < 1.29 is 14.6 Å². The van der Waals surface area contributed by atoms with Crippen molar-refractivity contribution in [1.29, 1.82) is 0 Å². The first kappa shape index (κ1) is 11.9. The topological polar surface area (TPSA) is 49.8 Å². The van der Waals surface area contributed by atoms with Crippen LogP contribution >= 0.6 is 0 Å². The minimum absolute atomic E-state index is 0.182. The predicted molar refractivity (Wildman–Crippen MR) is 64.2 cm³/mol. The van der Waals surface area contributed by atoms with Gasteiger partial charge in [-0.1, -0.05) is 18.2 Å². The van der Waals surface area contributed by atoms with Crippen LogP contribution in [0.15, 0.2) is 18.2 Å². The van der Waals surface area contributed by atoms with Crippen molar-refractivity contribution >= 4 is 5.97 Å². The highest BCUT2D eigenvalue weighted by molar-refractivity contribution is 5.66. The Morgan fingerprint density at radius 2 is 2.35 bits per heavy atom. The van der Waals surface area contributed by atoms with Crippen LogP contribution in [0.1, 0.15) is 17.5 Å². The van der Waals surface area contributed by atoms with Gasteiger partial charge in [0, 0.05) is 25.2 Å². The summed E-state index contributed by atoms with van der Waals surface area (Å²) in [6.45, 7) is 4.78. The molecular weight excluding hydrogens is 218 g/mol. The first-order valence-electron chi connectivity index (χ1n) is 5.82. The zero-order chi connectivity index (χ0) is 12.3.